The highest BCUT2D eigenvalue weighted by atomic mass is 16.5. The number of hydrogen-bond acceptors (Lipinski definition) is 3. The summed E-state index contributed by atoms with van der Waals surface area (Å²) >= 11 is 0. The number of aliphatic hydroxyl groups is 1. The Morgan fingerprint density at radius 3 is 2.94 bits per heavy atom. The van der Waals surface area contributed by atoms with Gasteiger partial charge in [0, 0.05) is 24.2 Å². The van der Waals surface area contributed by atoms with Crippen LogP contribution in [0.1, 0.15) is 30.4 Å². The first-order chi connectivity index (χ1) is 8.22. The van der Waals surface area contributed by atoms with Gasteiger partial charge in [0.15, 0.2) is 0 Å². The molecule has 1 aliphatic heterocycles. The van der Waals surface area contributed by atoms with Gasteiger partial charge < -0.3 is 14.6 Å². The Kier molecular flexibility index (Phi) is 2.51. The van der Waals surface area contributed by atoms with E-state index in [2.05, 4.69) is 19.1 Å². The molecule has 3 nitrogen and oxygen atoms in total. The normalized spacial score (nSPS) is 29.7. The average molecular weight is 234 g/mol. The van der Waals surface area contributed by atoms with Crippen LogP contribution in [-0.2, 0) is 6.42 Å². The summed E-state index contributed by atoms with van der Waals surface area (Å²) in [7, 11) is 1.71. The number of rotatable bonds is 3. The maximum atomic E-state index is 9.16. The van der Waals surface area contributed by atoms with Crippen molar-refractivity contribution in [2.45, 2.75) is 31.8 Å². The van der Waals surface area contributed by atoms with Gasteiger partial charge in [-0.15, -0.1) is 0 Å². The topological polar surface area (TPSA) is 38.7 Å². The summed E-state index contributed by atoms with van der Waals surface area (Å²) in [4.78, 5) is 0. The minimum absolute atomic E-state index is 0.262. The Bertz CT molecular complexity index is 441. The largest absolute Gasteiger partial charge is 0.496 e. The van der Waals surface area contributed by atoms with E-state index in [0.29, 0.717) is 11.8 Å². The Balaban J connectivity index is 1.96. The molecule has 0 bridgehead atoms. The minimum atomic E-state index is 0.262. The van der Waals surface area contributed by atoms with E-state index >= 15 is 0 Å². The molecule has 1 saturated carbocycles. The zero-order valence-electron chi connectivity index (χ0n) is 10.3. The molecule has 0 aromatic heterocycles. The van der Waals surface area contributed by atoms with E-state index < -0.39 is 0 Å². The van der Waals surface area contributed by atoms with Crippen LogP contribution in [0.3, 0.4) is 0 Å². The molecule has 1 heterocycles. The van der Waals surface area contributed by atoms with Gasteiger partial charge in [-0.1, -0.05) is 0 Å². The van der Waals surface area contributed by atoms with Crippen molar-refractivity contribution >= 4 is 0 Å². The molecule has 2 aliphatic rings. The summed E-state index contributed by atoms with van der Waals surface area (Å²) in [6, 6.07) is 4.21. The number of methoxy groups -OCH3 is 1. The van der Waals surface area contributed by atoms with Crippen LogP contribution in [0.5, 0.6) is 11.5 Å². The highest BCUT2D eigenvalue weighted by Crippen LogP contribution is 2.52. The fourth-order valence-electron chi connectivity index (χ4n) is 2.75. The monoisotopic (exact) mass is 234 g/mol. The lowest BCUT2D eigenvalue weighted by Crippen LogP contribution is -2.05. The molecule has 3 rings (SSSR count). The highest BCUT2D eigenvalue weighted by molar-refractivity contribution is 5.51. The van der Waals surface area contributed by atoms with E-state index in [0.717, 1.165) is 24.3 Å². The van der Waals surface area contributed by atoms with Crippen LogP contribution in [0.2, 0.25) is 0 Å². The van der Waals surface area contributed by atoms with E-state index in [1.54, 1.807) is 7.11 Å². The number of hydrogen-bond donors (Lipinski definition) is 1. The Labute approximate surface area is 101 Å². The van der Waals surface area contributed by atoms with Crippen molar-refractivity contribution in [3.8, 4) is 11.5 Å². The number of fused-ring (bicyclic) bond motifs is 1. The molecule has 3 unspecified atom stereocenters. The van der Waals surface area contributed by atoms with Gasteiger partial charge in [-0.3, -0.25) is 0 Å². The van der Waals surface area contributed by atoms with Crippen molar-refractivity contribution in [2.24, 2.45) is 5.92 Å². The van der Waals surface area contributed by atoms with Crippen LogP contribution in [0.25, 0.3) is 0 Å². The highest BCUT2D eigenvalue weighted by Gasteiger charge is 2.40. The SMILES string of the molecule is COc1cc2c(cc1C1CC1CO)OC(C)C2. The molecule has 17 heavy (non-hydrogen) atoms. The van der Waals surface area contributed by atoms with Crippen LogP contribution < -0.4 is 9.47 Å². The number of benzene rings is 1. The number of aliphatic hydroxyl groups excluding tert-OH is 1. The summed E-state index contributed by atoms with van der Waals surface area (Å²) in [6.07, 6.45) is 2.28. The van der Waals surface area contributed by atoms with Crippen LogP contribution in [0.15, 0.2) is 12.1 Å². The van der Waals surface area contributed by atoms with Gasteiger partial charge in [-0.05, 0) is 37.3 Å². The predicted molar refractivity (Wildman–Crippen MR) is 64.7 cm³/mol. The first-order valence-electron chi connectivity index (χ1n) is 6.21. The fourth-order valence-corrected chi connectivity index (χ4v) is 2.75. The summed E-state index contributed by atoms with van der Waals surface area (Å²) in [6.45, 7) is 2.35. The average Bonchev–Trinajstić information content (AvgIpc) is 3.02. The Morgan fingerprint density at radius 1 is 1.47 bits per heavy atom. The quantitative estimate of drug-likeness (QED) is 0.870. The molecule has 0 spiro atoms. The second-order valence-electron chi connectivity index (χ2n) is 5.12. The first-order valence-corrected chi connectivity index (χ1v) is 6.21. The summed E-state index contributed by atoms with van der Waals surface area (Å²) in [5.41, 5.74) is 2.43. The van der Waals surface area contributed by atoms with E-state index in [-0.39, 0.29) is 12.7 Å². The summed E-state index contributed by atoms with van der Waals surface area (Å²) in [5, 5.41) is 9.16. The van der Waals surface area contributed by atoms with Gasteiger partial charge in [-0.2, -0.15) is 0 Å². The van der Waals surface area contributed by atoms with Crippen molar-refractivity contribution in [1.29, 1.82) is 0 Å². The zero-order chi connectivity index (χ0) is 12.0. The van der Waals surface area contributed by atoms with Gasteiger partial charge in [0.25, 0.3) is 0 Å². The second-order valence-corrected chi connectivity index (χ2v) is 5.12. The molecule has 0 saturated heterocycles. The molecule has 1 fully saturated rings. The van der Waals surface area contributed by atoms with Crippen molar-refractivity contribution in [2.75, 3.05) is 13.7 Å². The fraction of sp³-hybridized carbons (Fsp3) is 0.571. The Morgan fingerprint density at radius 2 is 2.29 bits per heavy atom. The Hall–Kier alpha value is -1.22. The van der Waals surface area contributed by atoms with Crippen LogP contribution >= 0.6 is 0 Å². The summed E-state index contributed by atoms with van der Waals surface area (Å²) < 4.78 is 11.2. The van der Waals surface area contributed by atoms with E-state index in [1.165, 1.54) is 11.1 Å². The minimum Gasteiger partial charge on any atom is -0.496 e. The molecule has 1 N–H and O–H groups in total. The molecule has 3 heteroatoms. The van der Waals surface area contributed by atoms with Crippen molar-refractivity contribution < 1.29 is 14.6 Å². The molecule has 1 aromatic carbocycles. The third kappa shape index (κ3) is 1.78. The first kappa shape index (κ1) is 10.9. The van der Waals surface area contributed by atoms with Crippen LogP contribution in [-0.4, -0.2) is 24.9 Å². The van der Waals surface area contributed by atoms with E-state index in [1.807, 2.05) is 0 Å². The third-order valence-electron chi connectivity index (χ3n) is 3.80. The number of ether oxygens (including phenoxy) is 2. The lowest BCUT2D eigenvalue weighted by molar-refractivity contribution is 0.254. The van der Waals surface area contributed by atoms with Gasteiger partial charge in [0.05, 0.1) is 7.11 Å². The van der Waals surface area contributed by atoms with Crippen LogP contribution in [0, 0.1) is 5.92 Å². The molecule has 1 aromatic rings. The standard InChI is InChI=1S/C14H18O3/c1-8-3-9-5-14(16-2)12(6-13(9)17-8)11-4-10(11)7-15/h5-6,8,10-11,15H,3-4,7H2,1-2H3. The van der Waals surface area contributed by atoms with Gasteiger partial charge in [-0.25, -0.2) is 0 Å². The maximum absolute atomic E-state index is 9.16. The maximum Gasteiger partial charge on any atom is 0.123 e. The smallest absolute Gasteiger partial charge is 0.123 e. The zero-order valence-corrected chi connectivity index (χ0v) is 10.3. The molecule has 0 radical (unpaired) electrons. The van der Waals surface area contributed by atoms with Crippen LogP contribution in [0.4, 0.5) is 0 Å². The van der Waals surface area contributed by atoms with Gasteiger partial charge >= 0.3 is 0 Å². The van der Waals surface area contributed by atoms with Crippen molar-refractivity contribution in [3.05, 3.63) is 23.3 Å². The van der Waals surface area contributed by atoms with E-state index in [4.69, 9.17) is 14.6 Å². The molecule has 3 atom stereocenters. The molecule has 1 aliphatic carbocycles. The molecule has 0 amide bonds. The molecular formula is C14H18O3. The van der Waals surface area contributed by atoms with Gasteiger partial charge in [0.2, 0.25) is 0 Å². The molecule has 92 valence electrons. The third-order valence-corrected chi connectivity index (χ3v) is 3.80. The lowest BCUT2D eigenvalue weighted by Gasteiger charge is -2.10. The van der Waals surface area contributed by atoms with E-state index in [9.17, 15) is 0 Å². The van der Waals surface area contributed by atoms with Crippen molar-refractivity contribution in [3.63, 3.8) is 0 Å². The predicted octanol–water partition coefficient (Wildman–Crippen LogP) is 2.11. The lowest BCUT2D eigenvalue weighted by atomic mass is 10.0. The van der Waals surface area contributed by atoms with Crippen molar-refractivity contribution in [1.82, 2.24) is 0 Å². The van der Waals surface area contributed by atoms with Gasteiger partial charge in [0.1, 0.15) is 17.6 Å². The molecular weight excluding hydrogens is 216 g/mol. The summed E-state index contributed by atoms with van der Waals surface area (Å²) in [5.74, 6) is 2.79. The second kappa shape index (κ2) is 3.91.